The lowest BCUT2D eigenvalue weighted by Gasteiger charge is -1.98. The lowest BCUT2D eigenvalue weighted by Crippen LogP contribution is -1.81. The van der Waals surface area contributed by atoms with E-state index in [0.29, 0.717) is 5.25 Å². The summed E-state index contributed by atoms with van der Waals surface area (Å²) in [6.07, 6.45) is 0. The van der Waals surface area contributed by atoms with E-state index >= 15 is 0 Å². The van der Waals surface area contributed by atoms with Gasteiger partial charge in [-0.2, -0.15) is 0 Å². The number of halogens is 1. The summed E-state index contributed by atoms with van der Waals surface area (Å²) in [5.41, 5.74) is 0. The van der Waals surface area contributed by atoms with Crippen LogP contribution in [0.3, 0.4) is 0 Å². The highest BCUT2D eigenvalue weighted by Crippen LogP contribution is 2.37. The molecule has 0 unspecified atom stereocenters. The molecular formula is C11H11BrS2. The molecule has 0 aliphatic rings. The topological polar surface area (TPSA) is 0 Å². The fourth-order valence-electron chi connectivity index (χ4n) is 1.29. The summed E-state index contributed by atoms with van der Waals surface area (Å²) in [4.78, 5) is 0. The van der Waals surface area contributed by atoms with Crippen molar-refractivity contribution in [3.63, 3.8) is 0 Å². The largest absolute Gasteiger partial charge is 0.129 e. The molecule has 1 heterocycles. The van der Waals surface area contributed by atoms with Crippen molar-refractivity contribution in [2.75, 3.05) is 0 Å². The maximum atomic E-state index is 3.57. The Kier molecular flexibility index (Phi) is 3.20. The van der Waals surface area contributed by atoms with Crippen molar-refractivity contribution in [2.45, 2.75) is 23.3 Å². The molecular weight excluding hydrogens is 276 g/mol. The Hall–Kier alpha value is 0.01000. The van der Waals surface area contributed by atoms with E-state index in [2.05, 4.69) is 54.0 Å². The highest BCUT2D eigenvalue weighted by atomic mass is 79.9. The number of rotatable bonds is 2. The van der Waals surface area contributed by atoms with Crippen molar-refractivity contribution < 1.29 is 0 Å². The van der Waals surface area contributed by atoms with Crippen molar-refractivity contribution in [3.8, 4) is 0 Å². The van der Waals surface area contributed by atoms with Gasteiger partial charge in [-0.25, -0.2) is 0 Å². The van der Waals surface area contributed by atoms with Crippen molar-refractivity contribution in [2.24, 2.45) is 0 Å². The van der Waals surface area contributed by atoms with E-state index in [-0.39, 0.29) is 0 Å². The number of hydrogen-bond donors (Lipinski definition) is 0. The zero-order valence-corrected chi connectivity index (χ0v) is 11.3. The highest BCUT2D eigenvalue weighted by Gasteiger charge is 2.06. The van der Waals surface area contributed by atoms with Gasteiger partial charge in [0.1, 0.15) is 0 Å². The second kappa shape index (κ2) is 4.25. The predicted molar refractivity (Wildman–Crippen MR) is 70.5 cm³/mol. The summed E-state index contributed by atoms with van der Waals surface area (Å²) in [5.74, 6) is 0. The van der Waals surface area contributed by atoms with Crippen LogP contribution in [-0.2, 0) is 0 Å². The zero-order valence-electron chi connectivity index (χ0n) is 8.08. The molecule has 0 aliphatic heterocycles. The Morgan fingerprint density at radius 2 is 2.14 bits per heavy atom. The fraction of sp³-hybridized carbons (Fsp3) is 0.273. The number of benzene rings is 1. The van der Waals surface area contributed by atoms with Gasteiger partial charge in [-0.1, -0.05) is 35.8 Å². The van der Waals surface area contributed by atoms with Gasteiger partial charge in [0, 0.05) is 19.8 Å². The maximum Gasteiger partial charge on any atom is 0.0614 e. The van der Waals surface area contributed by atoms with Gasteiger partial charge < -0.3 is 0 Å². The first-order valence-corrected chi connectivity index (χ1v) is 7.00. The zero-order chi connectivity index (χ0) is 10.1. The van der Waals surface area contributed by atoms with Gasteiger partial charge in [-0.15, -0.1) is 23.1 Å². The minimum Gasteiger partial charge on any atom is -0.129 e. The maximum absolute atomic E-state index is 3.57. The Balaban J connectivity index is 2.46. The van der Waals surface area contributed by atoms with E-state index in [1.807, 2.05) is 23.1 Å². The Morgan fingerprint density at radius 1 is 1.36 bits per heavy atom. The molecule has 74 valence electrons. The molecule has 0 bridgehead atoms. The van der Waals surface area contributed by atoms with Crippen molar-refractivity contribution in [1.82, 2.24) is 0 Å². The average molecular weight is 287 g/mol. The molecule has 0 aliphatic carbocycles. The molecule has 2 rings (SSSR count). The summed E-state index contributed by atoms with van der Waals surface area (Å²) in [6.45, 7) is 4.45. The van der Waals surface area contributed by atoms with Crippen molar-refractivity contribution in [1.29, 1.82) is 0 Å². The molecule has 0 atom stereocenters. The third-order valence-electron chi connectivity index (χ3n) is 1.84. The second-order valence-corrected chi connectivity index (χ2v) is 7.20. The molecule has 0 N–H and O–H groups in total. The smallest absolute Gasteiger partial charge is 0.0614 e. The summed E-state index contributed by atoms with van der Waals surface area (Å²) in [7, 11) is 0. The Morgan fingerprint density at radius 3 is 2.79 bits per heavy atom. The molecule has 14 heavy (non-hydrogen) atoms. The van der Waals surface area contributed by atoms with Gasteiger partial charge in [-0.3, -0.25) is 0 Å². The number of hydrogen-bond acceptors (Lipinski definition) is 2. The Labute approximate surface area is 101 Å². The van der Waals surface area contributed by atoms with Crippen molar-refractivity contribution >= 4 is 49.1 Å². The molecule has 0 amide bonds. The van der Waals surface area contributed by atoms with Crippen LogP contribution >= 0.6 is 39.0 Å². The lowest BCUT2D eigenvalue weighted by atomic mass is 10.3. The van der Waals surface area contributed by atoms with E-state index in [1.54, 1.807) is 0 Å². The van der Waals surface area contributed by atoms with Crippen molar-refractivity contribution in [3.05, 3.63) is 28.7 Å². The molecule has 0 radical (unpaired) electrons. The monoisotopic (exact) mass is 286 g/mol. The van der Waals surface area contributed by atoms with E-state index in [0.717, 1.165) is 0 Å². The summed E-state index contributed by atoms with van der Waals surface area (Å²) in [5, 5.41) is 1.99. The van der Waals surface area contributed by atoms with Gasteiger partial charge in [0.05, 0.1) is 4.21 Å². The van der Waals surface area contributed by atoms with Crippen LogP contribution in [0.2, 0.25) is 0 Å². The number of thioether (sulfide) groups is 1. The van der Waals surface area contributed by atoms with Crippen LogP contribution in [0.4, 0.5) is 0 Å². The molecule has 0 saturated heterocycles. The number of fused-ring (bicyclic) bond motifs is 1. The third-order valence-corrected chi connectivity index (χ3v) is 4.78. The highest BCUT2D eigenvalue weighted by molar-refractivity contribution is 9.10. The first-order chi connectivity index (χ1) is 6.66. The number of thiophene rings is 1. The van der Waals surface area contributed by atoms with Gasteiger partial charge in [-0.05, 0) is 18.2 Å². The molecule has 1 aromatic carbocycles. The quantitative estimate of drug-likeness (QED) is 0.687. The average Bonchev–Trinajstić information content (AvgIpc) is 2.47. The standard InChI is InChI=1S/C11H11BrS2/c1-7(2)13-11-6-8-9(12)4-3-5-10(8)14-11/h3-7H,1-2H3. The molecule has 0 nitrogen and oxygen atoms in total. The fourth-order valence-corrected chi connectivity index (χ4v) is 4.41. The van der Waals surface area contributed by atoms with Gasteiger partial charge >= 0.3 is 0 Å². The molecule has 0 saturated carbocycles. The van der Waals surface area contributed by atoms with Crippen LogP contribution in [0.1, 0.15) is 13.8 Å². The molecule has 1 aromatic heterocycles. The van der Waals surface area contributed by atoms with E-state index < -0.39 is 0 Å². The molecule has 0 spiro atoms. The minimum absolute atomic E-state index is 0.654. The second-order valence-electron chi connectivity index (χ2n) is 3.38. The van der Waals surface area contributed by atoms with Crippen LogP contribution in [0.25, 0.3) is 10.1 Å². The van der Waals surface area contributed by atoms with Crippen LogP contribution in [0, 0.1) is 0 Å². The molecule has 0 fully saturated rings. The normalized spacial score (nSPS) is 11.4. The first-order valence-electron chi connectivity index (χ1n) is 4.51. The van der Waals surface area contributed by atoms with Crippen LogP contribution < -0.4 is 0 Å². The molecule has 2 aromatic rings. The predicted octanol–water partition coefficient (Wildman–Crippen LogP) is 5.16. The van der Waals surface area contributed by atoms with Gasteiger partial charge in [0.25, 0.3) is 0 Å². The summed E-state index contributed by atoms with van der Waals surface area (Å²) >= 11 is 7.38. The lowest BCUT2D eigenvalue weighted by molar-refractivity contribution is 1.11. The van der Waals surface area contributed by atoms with Gasteiger partial charge in [0.15, 0.2) is 0 Å². The molecule has 3 heteroatoms. The van der Waals surface area contributed by atoms with E-state index in [4.69, 9.17) is 0 Å². The van der Waals surface area contributed by atoms with E-state index in [1.165, 1.54) is 18.8 Å². The van der Waals surface area contributed by atoms with Crippen LogP contribution in [0.15, 0.2) is 32.9 Å². The van der Waals surface area contributed by atoms with Crippen LogP contribution in [-0.4, -0.2) is 5.25 Å². The van der Waals surface area contributed by atoms with Crippen LogP contribution in [0.5, 0.6) is 0 Å². The first kappa shape index (κ1) is 10.5. The summed E-state index contributed by atoms with van der Waals surface area (Å²) < 4.78 is 3.96. The SMILES string of the molecule is CC(C)Sc1cc2c(Br)cccc2s1. The third kappa shape index (κ3) is 2.15. The summed E-state index contributed by atoms with van der Waals surface area (Å²) in [6, 6.07) is 8.63. The Bertz CT molecular complexity index is 445. The van der Waals surface area contributed by atoms with E-state index in [9.17, 15) is 0 Å². The van der Waals surface area contributed by atoms with Gasteiger partial charge in [0.2, 0.25) is 0 Å². The minimum atomic E-state index is 0.654.